The first kappa shape index (κ1) is 11.8. The molecule has 0 radical (unpaired) electrons. The zero-order valence-electron chi connectivity index (χ0n) is 7.59. The summed E-state index contributed by atoms with van der Waals surface area (Å²) >= 11 is 0. The zero-order valence-corrected chi connectivity index (χ0v) is 8.41. The van der Waals surface area contributed by atoms with E-state index in [4.69, 9.17) is 0 Å². The minimum Gasteiger partial charge on any atom is -0.280 e. The van der Waals surface area contributed by atoms with E-state index < -0.39 is 15.5 Å². The molecule has 0 spiro atoms. The summed E-state index contributed by atoms with van der Waals surface area (Å²) in [5.41, 5.74) is -4.80. The minimum atomic E-state index is -5.38. The smallest absolute Gasteiger partial charge is 0.280 e. The van der Waals surface area contributed by atoms with Crippen molar-refractivity contribution in [2.24, 2.45) is 0 Å². The summed E-state index contributed by atoms with van der Waals surface area (Å²) in [6, 6.07) is 1.20. The highest BCUT2D eigenvalue weighted by Crippen LogP contribution is 2.24. The molecule has 1 aromatic heterocycles. The second-order valence-electron chi connectivity index (χ2n) is 2.68. The Labute approximate surface area is 83.7 Å². The van der Waals surface area contributed by atoms with Gasteiger partial charge in [0.15, 0.2) is 5.82 Å². The number of hydrogen-bond acceptors (Lipinski definition) is 3. The number of alkyl halides is 3. The molecule has 86 valence electrons. The number of rotatable bonds is 3. The predicted molar refractivity (Wildman–Crippen MR) is 46.6 cm³/mol. The third kappa shape index (κ3) is 2.61. The molecular weight excluding hydrogens is 235 g/mol. The number of aryl methyl sites for hydroxylation is 1. The van der Waals surface area contributed by atoms with Crippen LogP contribution in [0.5, 0.6) is 0 Å². The standard InChI is InChI=1S/C6H8F3N3O2S/c1-2-4-3-5(11-10-4)12-15(13,14)6(7,8)9/h3H,2H2,1H3,(H2,10,11,12). The molecule has 0 saturated heterocycles. The van der Waals surface area contributed by atoms with Crippen molar-refractivity contribution in [2.45, 2.75) is 18.9 Å². The molecule has 5 nitrogen and oxygen atoms in total. The van der Waals surface area contributed by atoms with Gasteiger partial charge in [-0.05, 0) is 6.42 Å². The molecule has 2 N–H and O–H groups in total. The summed E-state index contributed by atoms with van der Waals surface area (Å²) in [7, 11) is -5.38. The van der Waals surface area contributed by atoms with Crippen LogP contribution in [0.1, 0.15) is 12.6 Å². The SMILES string of the molecule is CCc1cc(NS(=O)(=O)C(F)(F)F)n[nH]1. The van der Waals surface area contributed by atoms with Crippen LogP contribution in [0, 0.1) is 0 Å². The highest BCUT2D eigenvalue weighted by Gasteiger charge is 2.46. The van der Waals surface area contributed by atoms with Crippen molar-refractivity contribution in [3.63, 3.8) is 0 Å². The van der Waals surface area contributed by atoms with Gasteiger partial charge in [-0.2, -0.15) is 26.7 Å². The summed E-state index contributed by atoms with van der Waals surface area (Å²) in [5.74, 6) is -0.371. The number of nitrogens with one attached hydrogen (secondary N) is 2. The molecular formula is C6H8F3N3O2S. The number of sulfonamides is 1. The first-order valence-electron chi connectivity index (χ1n) is 3.89. The number of aromatic nitrogens is 2. The predicted octanol–water partition coefficient (Wildman–Crippen LogP) is 1.23. The topological polar surface area (TPSA) is 74.8 Å². The van der Waals surface area contributed by atoms with Crippen molar-refractivity contribution in [2.75, 3.05) is 4.72 Å². The van der Waals surface area contributed by atoms with Crippen molar-refractivity contribution in [3.8, 4) is 0 Å². The van der Waals surface area contributed by atoms with Crippen molar-refractivity contribution >= 4 is 15.8 Å². The third-order valence-electron chi connectivity index (χ3n) is 1.56. The summed E-state index contributed by atoms with van der Waals surface area (Å²) in [4.78, 5) is 0. The van der Waals surface area contributed by atoms with Crippen molar-refractivity contribution in [1.82, 2.24) is 10.2 Å². The Hall–Kier alpha value is -1.25. The highest BCUT2D eigenvalue weighted by atomic mass is 32.2. The normalized spacial score (nSPS) is 12.8. The maximum atomic E-state index is 11.9. The minimum absolute atomic E-state index is 0.371. The lowest BCUT2D eigenvalue weighted by Crippen LogP contribution is -2.30. The molecule has 15 heavy (non-hydrogen) atoms. The van der Waals surface area contributed by atoms with Gasteiger partial charge in [0, 0.05) is 11.8 Å². The molecule has 0 aromatic carbocycles. The first-order valence-corrected chi connectivity index (χ1v) is 5.38. The van der Waals surface area contributed by atoms with Gasteiger partial charge in [-0.15, -0.1) is 0 Å². The molecule has 1 rings (SSSR count). The number of halogens is 3. The Morgan fingerprint density at radius 3 is 2.53 bits per heavy atom. The molecule has 0 saturated carbocycles. The quantitative estimate of drug-likeness (QED) is 0.838. The lowest BCUT2D eigenvalue weighted by atomic mass is 10.3. The summed E-state index contributed by atoms with van der Waals surface area (Å²) in [5, 5.41) is 5.76. The molecule has 1 heterocycles. The molecule has 0 amide bonds. The van der Waals surface area contributed by atoms with E-state index in [0.717, 1.165) is 0 Å². The van der Waals surface area contributed by atoms with Crippen LogP contribution in [0.25, 0.3) is 0 Å². The van der Waals surface area contributed by atoms with Crippen LogP contribution in [-0.2, 0) is 16.4 Å². The van der Waals surface area contributed by atoms with Crippen LogP contribution >= 0.6 is 0 Å². The molecule has 9 heteroatoms. The van der Waals surface area contributed by atoms with Crippen molar-refractivity contribution in [1.29, 1.82) is 0 Å². The van der Waals surface area contributed by atoms with Crippen LogP contribution in [0.4, 0.5) is 19.0 Å². The van der Waals surface area contributed by atoms with Crippen molar-refractivity contribution in [3.05, 3.63) is 11.8 Å². The van der Waals surface area contributed by atoms with Crippen LogP contribution < -0.4 is 4.72 Å². The first-order chi connectivity index (χ1) is 6.76. The fraction of sp³-hybridized carbons (Fsp3) is 0.500. The molecule has 0 atom stereocenters. The van der Waals surface area contributed by atoms with E-state index in [0.29, 0.717) is 12.1 Å². The third-order valence-corrected chi connectivity index (χ3v) is 2.64. The van der Waals surface area contributed by atoms with E-state index in [9.17, 15) is 21.6 Å². The highest BCUT2D eigenvalue weighted by molar-refractivity contribution is 7.93. The zero-order chi connectivity index (χ0) is 11.7. The fourth-order valence-electron chi connectivity index (χ4n) is 0.791. The summed E-state index contributed by atoms with van der Waals surface area (Å²) < 4.78 is 58.3. The molecule has 0 bridgehead atoms. The lowest BCUT2D eigenvalue weighted by molar-refractivity contribution is -0.0429. The molecule has 0 unspecified atom stereocenters. The summed E-state index contributed by atoms with van der Waals surface area (Å²) in [6.45, 7) is 1.75. The molecule has 1 aromatic rings. The molecule has 0 aliphatic heterocycles. The van der Waals surface area contributed by atoms with Crippen LogP contribution in [0.3, 0.4) is 0 Å². The van der Waals surface area contributed by atoms with E-state index in [2.05, 4.69) is 10.2 Å². The van der Waals surface area contributed by atoms with Gasteiger partial charge in [0.05, 0.1) is 0 Å². The molecule has 0 aliphatic rings. The van der Waals surface area contributed by atoms with Gasteiger partial charge in [0.2, 0.25) is 0 Å². The Morgan fingerprint density at radius 2 is 2.13 bits per heavy atom. The molecule has 0 aliphatic carbocycles. The van der Waals surface area contributed by atoms with Crippen LogP contribution in [0.15, 0.2) is 6.07 Å². The van der Waals surface area contributed by atoms with Gasteiger partial charge in [0.1, 0.15) is 0 Å². The second-order valence-corrected chi connectivity index (χ2v) is 4.36. The van der Waals surface area contributed by atoms with E-state index in [1.54, 1.807) is 6.92 Å². The van der Waals surface area contributed by atoms with E-state index in [-0.39, 0.29) is 5.82 Å². The number of nitrogens with zero attached hydrogens (tertiary/aromatic N) is 1. The van der Waals surface area contributed by atoms with E-state index in [1.807, 2.05) is 0 Å². The lowest BCUT2D eigenvalue weighted by Gasteiger charge is -2.07. The Kier molecular flexibility index (Phi) is 2.93. The second kappa shape index (κ2) is 3.72. The van der Waals surface area contributed by atoms with Gasteiger partial charge in [-0.3, -0.25) is 9.82 Å². The number of anilines is 1. The average molecular weight is 243 g/mol. The maximum Gasteiger partial charge on any atom is 0.516 e. The Bertz CT molecular complexity index is 437. The maximum absolute atomic E-state index is 11.9. The Morgan fingerprint density at radius 1 is 1.53 bits per heavy atom. The largest absolute Gasteiger partial charge is 0.516 e. The number of hydrogen-bond donors (Lipinski definition) is 2. The fourth-order valence-corrected chi connectivity index (χ4v) is 1.29. The number of aromatic amines is 1. The van der Waals surface area contributed by atoms with Gasteiger partial charge in [0.25, 0.3) is 0 Å². The average Bonchev–Trinajstić information content (AvgIpc) is 2.49. The number of H-pyrrole nitrogens is 1. The monoisotopic (exact) mass is 243 g/mol. The van der Waals surface area contributed by atoms with Gasteiger partial charge in [-0.25, -0.2) is 0 Å². The van der Waals surface area contributed by atoms with E-state index >= 15 is 0 Å². The Balaban J connectivity index is 2.87. The van der Waals surface area contributed by atoms with Crippen LogP contribution in [-0.4, -0.2) is 24.1 Å². The molecule has 0 fully saturated rings. The van der Waals surface area contributed by atoms with Crippen LogP contribution in [0.2, 0.25) is 0 Å². The van der Waals surface area contributed by atoms with Gasteiger partial charge in [-0.1, -0.05) is 6.92 Å². The van der Waals surface area contributed by atoms with Gasteiger partial charge < -0.3 is 0 Å². The van der Waals surface area contributed by atoms with E-state index in [1.165, 1.54) is 10.8 Å². The van der Waals surface area contributed by atoms with Gasteiger partial charge >= 0.3 is 15.5 Å². The van der Waals surface area contributed by atoms with Crippen molar-refractivity contribution < 1.29 is 21.6 Å². The summed E-state index contributed by atoms with van der Waals surface area (Å²) in [6.07, 6.45) is 0.515.